The molecule has 2 heterocycles. The molecule has 0 aliphatic carbocycles. The second-order valence-corrected chi connectivity index (χ2v) is 5.02. The molecule has 2 rings (SSSR count). The summed E-state index contributed by atoms with van der Waals surface area (Å²) >= 11 is 1.38. The summed E-state index contributed by atoms with van der Waals surface area (Å²) in [4.78, 5) is 22.1. The highest BCUT2D eigenvalue weighted by molar-refractivity contribution is 7.99. The highest BCUT2D eigenvalue weighted by Crippen LogP contribution is 2.22. The van der Waals surface area contributed by atoms with E-state index in [1.165, 1.54) is 11.8 Å². The smallest absolute Gasteiger partial charge is 0.230 e. The molecule has 0 aliphatic heterocycles. The molecule has 7 nitrogen and oxygen atoms in total. The summed E-state index contributed by atoms with van der Waals surface area (Å²) in [7, 11) is 3.81. The molecule has 2 aromatic heterocycles. The van der Waals surface area contributed by atoms with Crippen molar-refractivity contribution in [3.63, 3.8) is 0 Å². The minimum Gasteiger partial charge on any atom is -0.354 e. The molecule has 0 radical (unpaired) electrons. The van der Waals surface area contributed by atoms with Gasteiger partial charge in [0.1, 0.15) is 0 Å². The zero-order chi connectivity index (χ0) is 13.7. The van der Waals surface area contributed by atoms with Crippen molar-refractivity contribution in [1.29, 1.82) is 0 Å². The number of hydrogen-bond acceptors (Lipinski definition) is 7. The van der Waals surface area contributed by atoms with Crippen molar-refractivity contribution in [2.45, 2.75) is 23.7 Å². The number of nitrogens with zero attached hydrogens (tertiary/aromatic N) is 5. The second-order valence-electron chi connectivity index (χ2n) is 4.06. The Hall–Kier alpha value is -1.83. The number of nitrogens with one attached hydrogen (secondary N) is 2. The molecule has 0 fully saturated rings. The Morgan fingerprint density at radius 2 is 2.16 bits per heavy atom. The largest absolute Gasteiger partial charge is 0.354 e. The number of H-pyrrole nitrogens is 1. The molecule has 0 saturated heterocycles. The Morgan fingerprint density at radius 1 is 1.32 bits per heavy atom. The third kappa shape index (κ3) is 3.82. The molecule has 0 saturated carbocycles. The monoisotopic (exact) mass is 279 g/mol. The summed E-state index contributed by atoms with van der Waals surface area (Å²) in [6, 6.07) is 0. The molecular formula is C11H17N7S. The van der Waals surface area contributed by atoms with Crippen molar-refractivity contribution in [2.24, 2.45) is 0 Å². The molecule has 8 heteroatoms. The van der Waals surface area contributed by atoms with Crippen LogP contribution in [-0.2, 0) is 0 Å². The molecule has 0 unspecified atom stereocenters. The van der Waals surface area contributed by atoms with Crippen LogP contribution in [0.3, 0.4) is 0 Å². The fourth-order valence-corrected chi connectivity index (χ4v) is 1.97. The van der Waals surface area contributed by atoms with Crippen molar-refractivity contribution < 1.29 is 0 Å². The molecule has 0 bridgehead atoms. The fraction of sp³-hybridized carbons (Fsp3) is 0.455. The zero-order valence-electron chi connectivity index (χ0n) is 11.2. The van der Waals surface area contributed by atoms with E-state index in [-0.39, 0.29) is 0 Å². The molecule has 2 N–H and O–H groups in total. The minimum atomic E-state index is 0.592. The van der Waals surface area contributed by atoms with Gasteiger partial charge in [-0.05, 0) is 18.2 Å². The number of imidazole rings is 1. The van der Waals surface area contributed by atoms with Crippen LogP contribution in [-0.4, -0.2) is 45.6 Å². The van der Waals surface area contributed by atoms with E-state index in [2.05, 4.69) is 37.2 Å². The lowest BCUT2D eigenvalue weighted by atomic mass is 10.5. The standard InChI is InChI=1S/C11H17N7S/c1-4-5-12-8-15-9(18(2)3)17-11(16-8)19-10-13-6-7-14-10/h6-7H,4-5H2,1-3H3,(H,13,14)(H,12,15,16,17). The van der Waals surface area contributed by atoms with E-state index in [1.807, 2.05) is 19.0 Å². The fourth-order valence-electron chi connectivity index (χ4n) is 1.30. The van der Waals surface area contributed by atoms with Crippen LogP contribution in [0, 0.1) is 0 Å². The molecule has 0 amide bonds. The van der Waals surface area contributed by atoms with Gasteiger partial charge < -0.3 is 15.2 Å². The number of anilines is 2. The first-order chi connectivity index (χ1) is 9.19. The van der Waals surface area contributed by atoms with Crippen LogP contribution in [0.1, 0.15) is 13.3 Å². The highest BCUT2D eigenvalue weighted by atomic mass is 32.2. The number of aromatic amines is 1. The van der Waals surface area contributed by atoms with Crippen molar-refractivity contribution in [2.75, 3.05) is 30.9 Å². The van der Waals surface area contributed by atoms with E-state index < -0.39 is 0 Å². The molecular weight excluding hydrogens is 262 g/mol. The first-order valence-electron chi connectivity index (χ1n) is 6.03. The van der Waals surface area contributed by atoms with E-state index in [4.69, 9.17) is 0 Å². The molecule has 2 aromatic rings. The normalized spacial score (nSPS) is 10.5. The lowest BCUT2D eigenvalue weighted by molar-refractivity contribution is 0.849. The summed E-state index contributed by atoms with van der Waals surface area (Å²) in [5.74, 6) is 1.22. The molecule has 0 aliphatic rings. The first kappa shape index (κ1) is 13.6. The van der Waals surface area contributed by atoms with Crippen LogP contribution in [0.5, 0.6) is 0 Å². The first-order valence-corrected chi connectivity index (χ1v) is 6.85. The molecule has 19 heavy (non-hydrogen) atoms. The maximum atomic E-state index is 4.38. The van der Waals surface area contributed by atoms with Gasteiger partial charge >= 0.3 is 0 Å². The highest BCUT2D eigenvalue weighted by Gasteiger charge is 2.10. The number of aromatic nitrogens is 5. The second kappa shape index (κ2) is 6.37. The predicted octanol–water partition coefficient (Wildman–Crippen LogP) is 1.63. The van der Waals surface area contributed by atoms with Crippen molar-refractivity contribution in [1.82, 2.24) is 24.9 Å². The maximum Gasteiger partial charge on any atom is 0.230 e. The average Bonchev–Trinajstić information content (AvgIpc) is 2.89. The summed E-state index contributed by atoms with van der Waals surface area (Å²) in [5.41, 5.74) is 0. The lowest BCUT2D eigenvalue weighted by Crippen LogP contribution is -2.16. The SMILES string of the molecule is CCCNc1nc(Sc2ncc[nH]2)nc(N(C)C)n1. The van der Waals surface area contributed by atoms with Crippen molar-refractivity contribution in [3.05, 3.63) is 12.4 Å². The van der Waals surface area contributed by atoms with Gasteiger partial charge in [0.2, 0.25) is 17.1 Å². The van der Waals surface area contributed by atoms with Crippen LogP contribution in [0.4, 0.5) is 11.9 Å². The van der Waals surface area contributed by atoms with Crippen LogP contribution in [0.15, 0.2) is 22.7 Å². The maximum absolute atomic E-state index is 4.38. The van der Waals surface area contributed by atoms with Crippen LogP contribution in [0.25, 0.3) is 0 Å². The molecule has 0 spiro atoms. The minimum absolute atomic E-state index is 0.592. The van der Waals surface area contributed by atoms with E-state index in [9.17, 15) is 0 Å². The number of hydrogen-bond donors (Lipinski definition) is 2. The Morgan fingerprint density at radius 3 is 2.79 bits per heavy atom. The van der Waals surface area contributed by atoms with Gasteiger partial charge in [0.25, 0.3) is 0 Å². The van der Waals surface area contributed by atoms with E-state index in [1.54, 1.807) is 12.4 Å². The van der Waals surface area contributed by atoms with E-state index in [0.717, 1.165) is 18.1 Å². The van der Waals surface area contributed by atoms with E-state index in [0.29, 0.717) is 17.1 Å². The van der Waals surface area contributed by atoms with Crippen LogP contribution in [0.2, 0.25) is 0 Å². The quantitative estimate of drug-likeness (QED) is 0.831. The van der Waals surface area contributed by atoms with Crippen molar-refractivity contribution >= 4 is 23.7 Å². The lowest BCUT2D eigenvalue weighted by Gasteiger charge is -2.12. The number of rotatable bonds is 6. The van der Waals surface area contributed by atoms with Crippen LogP contribution < -0.4 is 10.2 Å². The average molecular weight is 279 g/mol. The summed E-state index contributed by atoms with van der Waals surface area (Å²) in [6.45, 7) is 2.93. The van der Waals surface area contributed by atoms with Gasteiger partial charge in [0, 0.05) is 33.0 Å². The Kier molecular flexibility index (Phi) is 4.56. The summed E-state index contributed by atoms with van der Waals surface area (Å²) in [5, 5.41) is 4.56. The van der Waals surface area contributed by atoms with Gasteiger partial charge in [-0.2, -0.15) is 15.0 Å². The predicted molar refractivity (Wildman–Crippen MR) is 75.6 cm³/mol. The third-order valence-corrected chi connectivity index (χ3v) is 2.98. The Bertz CT molecular complexity index is 512. The summed E-state index contributed by atoms with van der Waals surface area (Å²) < 4.78 is 0. The Balaban J connectivity index is 2.23. The molecule has 0 aromatic carbocycles. The van der Waals surface area contributed by atoms with Gasteiger partial charge in [-0.25, -0.2) is 4.98 Å². The van der Waals surface area contributed by atoms with Gasteiger partial charge in [-0.15, -0.1) is 0 Å². The third-order valence-electron chi connectivity index (χ3n) is 2.20. The van der Waals surface area contributed by atoms with Gasteiger partial charge in [0.05, 0.1) is 0 Å². The topological polar surface area (TPSA) is 82.6 Å². The van der Waals surface area contributed by atoms with Gasteiger partial charge in [0.15, 0.2) is 5.16 Å². The summed E-state index contributed by atoms with van der Waals surface area (Å²) in [6.07, 6.45) is 4.49. The zero-order valence-corrected chi connectivity index (χ0v) is 12.0. The van der Waals surface area contributed by atoms with Crippen LogP contribution >= 0.6 is 11.8 Å². The Labute approximate surface area is 116 Å². The van der Waals surface area contributed by atoms with Crippen molar-refractivity contribution in [3.8, 4) is 0 Å². The van der Waals surface area contributed by atoms with E-state index >= 15 is 0 Å². The molecule has 102 valence electrons. The van der Waals surface area contributed by atoms with Gasteiger partial charge in [-0.3, -0.25) is 0 Å². The van der Waals surface area contributed by atoms with Gasteiger partial charge in [-0.1, -0.05) is 6.92 Å². The molecule has 0 atom stereocenters.